The summed E-state index contributed by atoms with van der Waals surface area (Å²) in [6.45, 7) is 4.97. The molecule has 0 heterocycles. The van der Waals surface area contributed by atoms with Crippen LogP contribution < -0.4 is 4.72 Å². The largest absolute Gasteiger partial charge is 0.383 e. The number of nitrogens with zero attached hydrogens (tertiary/aromatic N) is 1. The summed E-state index contributed by atoms with van der Waals surface area (Å²) in [7, 11) is -2.48. The number of hydrogen-bond donors (Lipinski definition) is 1. The van der Waals surface area contributed by atoms with E-state index >= 15 is 0 Å². The van der Waals surface area contributed by atoms with Crippen molar-refractivity contribution in [1.29, 1.82) is 0 Å². The van der Waals surface area contributed by atoms with Gasteiger partial charge in [0.05, 0.1) is 22.0 Å². The zero-order chi connectivity index (χ0) is 16.4. The van der Waals surface area contributed by atoms with E-state index in [-0.39, 0.29) is 16.5 Å². The minimum atomic E-state index is -3.94. The van der Waals surface area contributed by atoms with Crippen LogP contribution in [-0.4, -0.2) is 32.6 Å². The first kappa shape index (κ1) is 17.8. The predicted molar refractivity (Wildman–Crippen MR) is 79.1 cm³/mol. The van der Waals surface area contributed by atoms with Crippen molar-refractivity contribution < 1.29 is 18.1 Å². The van der Waals surface area contributed by atoms with E-state index in [1.54, 1.807) is 13.8 Å². The highest BCUT2D eigenvalue weighted by molar-refractivity contribution is 7.89. The number of methoxy groups -OCH3 is 1. The molecule has 1 aromatic rings. The van der Waals surface area contributed by atoms with Gasteiger partial charge >= 0.3 is 0 Å². The van der Waals surface area contributed by atoms with Crippen LogP contribution in [0.1, 0.15) is 19.4 Å². The highest BCUT2D eigenvalue weighted by Gasteiger charge is 2.29. The Hall–Kier alpha value is -1.22. The van der Waals surface area contributed by atoms with E-state index in [0.717, 1.165) is 6.07 Å². The second-order valence-corrected chi connectivity index (χ2v) is 7.31. The summed E-state index contributed by atoms with van der Waals surface area (Å²) in [5.41, 5.74) is -0.979. The van der Waals surface area contributed by atoms with E-state index < -0.39 is 26.2 Å². The van der Waals surface area contributed by atoms with Crippen LogP contribution in [0.3, 0.4) is 0 Å². The van der Waals surface area contributed by atoms with E-state index in [4.69, 9.17) is 16.3 Å². The minimum absolute atomic E-state index is 0.104. The summed E-state index contributed by atoms with van der Waals surface area (Å²) in [4.78, 5) is 9.99. The Morgan fingerprint density at radius 3 is 2.48 bits per heavy atom. The molecule has 0 bridgehead atoms. The molecule has 0 aliphatic heterocycles. The van der Waals surface area contributed by atoms with Gasteiger partial charge in [0.15, 0.2) is 0 Å². The van der Waals surface area contributed by atoms with Crippen LogP contribution in [0.15, 0.2) is 17.0 Å². The molecule has 21 heavy (non-hydrogen) atoms. The molecule has 0 aromatic heterocycles. The van der Waals surface area contributed by atoms with Gasteiger partial charge in [-0.2, -0.15) is 0 Å². The zero-order valence-corrected chi connectivity index (χ0v) is 13.7. The lowest BCUT2D eigenvalue weighted by Crippen LogP contribution is -2.46. The third-order valence-electron chi connectivity index (χ3n) is 2.65. The number of hydrogen-bond acceptors (Lipinski definition) is 5. The number of nitro benzene ring substituents is 1. The van der Waals surface area contributed by atoms with Crippen LogP contribution in [0.4, 0.5) is 5.69 Å². The molecule has 0 fully saturated rings. The number of halogens is 1. The Bertz CT molecular complexity index is 658. The van der Waals surface area contributed by atoms with E-state index in [9.17, 15) is 18.5 Å². The second kappa shape index (κ2) is 6.27. The maximum atomic E-state index is 12.4. The van der Waals surface area contributed by atoms with Gasteiger partial charge in [-0.3, -0.25) is 10.1 Å². The number of sulfonamides is 1. The summed E-state index contributed by atoms with van der Waals surface area (Å²) < 4.78 is 32.2. The predicted octanol–water partition coefficient (Wildman–Crippen LogP) is 2.26. The van der Waals surface area contributed by atoms with Gasteiger partial charge in [-0.05, 0) is 32.4 Å². The van der Waals surface area contributed by atoms with E-state index in [1.807, 2.05) is 0 Å². The molecule has 1 rings (SSSR count). The first-order chi connectivity index (χ1) is 9.50. The molecular weight excluding hydrogens is 320 g/mol. The van der Waals surface area contributed by atoms with Crippen molar-refractivity contribution in [1.82, 2.24) is 4.72 Å². The average Bonchev–Trinajstić information content (AvgIpc) is 2.25. The van der Waals surface area contributed by atoms with Gasteiger partial charge < -0.3 is 4.74 Å². The van der Waals surface area contributed by atoms with Crippen molar-refractivity contribution in [2.24, 2.45) is 0 Å². The maximum absolute atomic E-state index is 12.4. The molecule has 118 valence electrons. The first-order valence-corrected chi connectivity index (χ1v) is 7.84. The number of nitrogens with one attached hydrogen (secondary N) is 1. The molecule has 1 aromatic carbocycles. The van der Waals surface area contributed by atoms with Crippen LogP contribution in [0.25, 0.3) is 0 Å². The maximum Gasteiger partial charge on any atom is 0.289 e. The third kappa shape index (κ3) is 4.37. The van der Waals surface area contributed by atoms with Crippen molar-refractivity contribution in [3.8, 4) is 0 Å². The van der Waals surface area contributed by atoms with Gasteiger partial charge in [-0.25, -0.2) is 13.1 Å². The Morgan fingerprint density at radius 2 is 2.00 bits per heavy atom. The SMILES string of the molecule is COCC(C)(C)NS(=O)(=O)c1cc([N+](=O)[O-])c(Cl)cc1C. The zero-order valence-electron chi connectivity index (χ0n) is 12.1. The van der Waals surface area contributed by atoms with E-state index in [2.05, 4.69) is 4.72 Å². The van der Waals surface area contributed by atoms with Gasteiger partial charge in [-0.1, -0.05) is 11.6 Å². The molecule has 0 unspecified atom stereocenters. The highest BCUT2D eigenvalue weighted by Crippen LogP contribution is 2.30. The number of benzene rings is 1. The summed E-state index contributed by atoms with van der Waals surface area (Å²) >= 11 is 5.75. The number of rotatable bonds is 6. The lowest BCUT2D eigenvalue weighted by molar-refractivity contribution is -0.384. The molecular formula is C12H17ClN2O5S. The molecule has 0 atom stereocenters. The molecule has 0 radical (unpaired) electrons. The lowest BCUT2D eigenvalue weighted by Gasteiger charge is -2.25. The normalized spacial score (nSPS) is 12.4. The van der Waals surface area contributed by atoms with Gasteiger partial charge in [-0.15, -0.1) is 0 Å². The fraction of sp³-hybridized carbons (Fsp3) is 0.500. The molecule has 0 saturated carbocycles. The standard InChI is InChI=1S/C12H17ClN2O5S/c1-8-5-9(13)10(15(16)17)6-11(8)21(18,19)14-12(2,3)7-20-4/h5-6,14H,7H2,1-4H3. The highest BCUT2D eigenvalue weighted by atomic mass is 35.5. The Balaban J connectivity index is 3.32. The Kier molecular flexibility index (Phi) is 5.32. The molecule has 0 saturated heterocycles. The van der Waals surface area contributed by atoms with Crippen molar-refractivity contribution >= 4 is 27.3 Å². The summed E-state index contributed by atoms with van der Waals surface area (Å²) in [6.07, 6.45) is 0. The Morgan fingerprint density at radius 1 is 1.43 bits per heavy atom. The van der Waals surface area contributed by atoms with Gasteiger partial charge in [0.1, 0.15) is 5.02 Å². The van der Waals surface area contributed by atoms with E-state index in [0.29, 0.717) is 5.56 Å². The van der Waals surface area contributed by atoms with Crippen LogP contribution in [0, 0.1) is 17.0 Å². The molecule has 0 aliphatic carbocycles. The molecule has 0 spiro atoms. The molecule has 7 nitrogen and oxygen atoms in total. The molecule has 0 amide bonds. The van der Waals surface area contributed by atoms with Gasteiger partial charge in [0, 0.05) is 13.2 Å². The van der Waals surface area contributed by atoms with Crippen LogP contribution in [0.5, 0.6) is 0 Å². The molecule has 1 N–H and O–H groups in total. The van der Waals surface area contributed by atoms with Crippen molar-refractivity contribution in [2.45, 2.75) is 31.2 Å². The van der Waals surface area contributed by atoms with Crippen molar-refractivity contribution in [3.05, 3.63) is 32.8 Å². The summed E-state index contributed by atoms with van der Waals surface area (Å²) in [6, 6.07) is 2.22. The number of aryl methyl sites for hydroxylation is 1. The topological polar surface area (TPSA) is 98.5 Å². The monoisotopic (exact) mass is 336 g/mol. The second-order valence-electron chi connectivity index (χ2n) is 5.25. The minimum Gasteiger partial charge on any atom is -0.383 e. The van der Waals surface area contributed by atoms with Gasteiger partial charge in [0.25, 0.3) is 5.69 Å². The van der Waals surface area contributed by atoms with Crippen molar-refractivity contribution in [3.63, 3.8) is 0 Å². The Labute approximate surface area is 128 Å². The fourth-order valence-electron chi connectivity index (χ4n) is 1.88. The molecule has 0 aliphatic rings. The van der Waals surface area contributed by atoms with Crippen LogP contribution >= 0.6 is 11.6 Å². The third-order valence-corrected chi connectivity index (χ3v) is 4.79. The number of nitro groups is 1. The van der Waals surface area contributed by atoms with Crippen molar-refractivity contribution in [2.75, 3.05) is 13.7 Å². The first-order valence-electron chi connectivity index (χ1n) is 5.97. The van der Waals surface area contributed by atoms with Gasteiger partial charge in [0.2, 0.25) is 10.0 Å². The van der Waals surface area contributed by atoms with Crippen LogP contribution in [0.2, 0.25) is 5.02 Å². The summed E-state index contributed by atoms with van der Waals surface area (Å²) in [5.74, 6) is 0. The van der Waals surface area contributed by atoms with E-state index in [1.165, 1.54) is 20.1 Å². The summed E-state index contributed by atoms with van der Waals surface area (Å²) in [5, 5.41) is 10.8. The average molecular weight is 337 g/mol. The lowest BCUT2D eigenvalue weighted by atomic mass is 10.1. The number of ether oxygens (including phenoxy) is 1. The van der Waals surface area contributed by atoms with Crippen LogP contribution in [-0.2, 0) is 14.8 Å². The quantitative estimate of drug-likeness (QED) is 0.634. The smallest absolute Gasteiger partial charge is 0.289 e. The fourth-order valence-corrected chi connectivity index (χ4v) is 3.81. The molecule has 9 heteroatoms.